The molecular formula is C8H12O5. The van der Waals surface area contributed by atoms with Crippen molar-refractivity contribution in [1.82, 2.24) is 0 Å². The van der Waals surface area contributed by atoms with Crippen molar-refractivity contribution >= 4 is 11.9 Å². The summed E-state index contributed by atoms with van der Waals surface area (Å²) in [4.78, 5) is 21.3. The van der Waals surface area contributed by atoms with Crippen LogP contribution in [0, 0.1) is 5.92 Å². The Balaban J connectivity index is 2.51. The van der Waals surface area contributed by atoms with Gasteiger partial charge in [-0.2, -0.15) is 0 Å². The van der Waals surface area contributed by atoms with Gasteiger partial charge in [-0.05, 0) is 0 Å². The molecule has 1 saturated heterocycles. The predicted octanol–water partition coefficient (Wildman–Crippen LogP) is 0.385. The number of esters is 1. The first-order valence-electron chi connectivity index (χ1n) is 4.08. The first-order chi connectivity index (χ1) is 6.00. The zero-order valence-corrected chi connectivity index (χ0v) is 7.52. The molecule has 5 heteroatoms. The van der Waals surface area contributed by atoms with Crippen molar-refractivity contribution in [3.63, 3.8) is 0 Å². The summed E-state index contributed by atoms with van der Waals surface area (Å²) in [7, 11) is 0. The molecule has 0 amide bonds. The zero-order chi connectivity index (χ0) is 10.0. The highest BCUT2D eigenvalue weighted by Crippen LogP contribution is 2.21. The summed E-state index contributed by atoms with van der Waals surface area (Å²) in [5, 5.41) is 8.43. The molecule has 1 aliphatic rings. The molecule has 1 N–H and O–H groups in total. The van der Waals surface area contributed by atoms with Crippen LogP contribution in [-0.4, -0.2) is 29.4 Å². The summed E-state index contributed by atoms with van der Waals surface area (Å²) in [6, 6.07) is 0. The van der Waals surface area contributed by atoms with Crippen molar-refractivity contribution in [2.24, 2.45) is 5.92 Å². The Hall–Kier alpha value is -1.10. The molecular weight excluding hydrogens is 176 g/mol. The Morgan fingerprint density at radius 3 is 2.62 bits per heavy atom. The fraction of sp³-hybridized carbons (Fsp3) is 0.750. The molecule has 0 radical (unpaired) electrons. The number of carbonyl (C=O) groups excluding carboxylic acids is 1. The molecule has 1 fully saturated rings. The number of cyclic esters (lactones) is 1. The highest BCUT2D eigenvalue weighted by Gasteiger charge is 2.37. The van der Waals surface area contributed by atoms with Crippen molar-refractivity contribution < 1.29 is 24.2 Å². The molecule has 0 bridgehead atoms. The van der Waals surface area contributed by atoms with Crippen LogP contribution in [-0.2, 0) is 19.1 Å². The molecule has 1 rings (SSSR count). The van der Waals surface area contributed by atoms with Gasteiger partial charge in [0.05, 0.1) is 6.42 Å². The normalized spacial score (nSPS) is 27.8. The van der Waals surface area contributed by atoms with E-state index in [9.17, 15) is 9.59 Å². The summed E-state index contributed by atoms with van der Waals surface area (Å²) in [5.41, 5.74) is 0. The number of rotatable bonds is 3. The number of carbonyl (C=O) groups is 2. The van der Waals surface area contributed by atoms with Gasteiger partial charge in [0.15, 0.2) is 6.10 Å². The average Bonchev–Trinajstić information content (AvgIpc) is 2.31. The summed E-state index contributed by atoms with van der Waals surface area (Å²) in [6.07, 6.45) is -1.87. The van der Waals surface area contributed by atoms with Gasteiger partial charge in [-0.15, -0.1) is 0 Å². The number of carboxylic acids is 1. The van der Waals surface area contributed by atoms with Crippen LogP contribution in [0.3, 0.4) is 0 Å². The third-order valence-corrected chi connectivity index (χ3v) is 1.70. The van der Waals surface area contributed by atoms with Crippen molar-refractivity contribution in [3.8, 4) is 0 Å². The van der Waals surface area contributed by atoms with E-state index in [2.05, 4.69) is 0 Å². The number of hydrogen-bond acceptors (Lipinski definition) is 4. The Labute approximate surface area is 75.6 Å². The summed E-state index contributed by atoms with van der Waals surface area (Å²) in [6.45, 7) is 3.67. The van der Waals surface area contributed by atoms with Crippen LogP contribution < -0.4 is 0 Å². The number of hydrogen-bond donors (Lipinski definition) is 1. The predicted molar refractivity (Wildman–Crippen MR) is 41.8 cm³/mol. The minimum Gasteiger partial charge on any atom is -0.481 e. The van der Waals surface area contributed by atoms with Crippen LogP contribution in [0.25, 0.3) is 0 Å². The Morgan fingerprint density at radius 2 is 2.23 bits per heavy atom. The van der Waals surface area contributed by atoms with Crippen LogP contribution in [0.5, 0.6) is 0 Å². The Morgan fingerprint density at radius 1 is 1.62 bits per heavy atom. The smallest absolute Gasteiger partial charge is 0.338 e. The van der Waals surface area contributed by atoms with Gasteiger partial charge in [0.25, 0.3) is 0 Å². The van der Waals surface area contributed by atoms with E-state index in [-0.39, 0.29) is 12.3 Å². The molecule has 2 atom stereocenters. The second kappa shape index (κ2) is 3.74. The number of aliphatic carboxylic acids is 1. The van der Waals surface area contributed by atoms with E-state index >= 15 is 0 Å². The van der Waals surface area contributed by atoms with E-state index in [1.54, 1.807) is 0 Å². The van der Waals surface area contributed by atoms with Crippen LogP contribution >= 0.6 is 0 Å². The molecule has 74 valence electrons. The minimum absolute atomic E-state index is 0.0442. The van der Waals surface area contributed by atoms with Gasteiger partial charge in [0.1, 0.15) is 0 Å². The fourth-order valence-electron chi connectivity index (χ4n) is 1.02. The third-order valence-electron chi connectivity index (χ3n) is 1.70. The van der Waals surface area contributed by atoms with E-state index in [1.165, 1.54) is 0 Å². The minimum atomic E-state index is -1.06. The molecule has 0 saturated carbocycles. The SMILES string of the molecule is CC(C)[C@@H]1OC(=O)[C@H](CC(=O)O)O1. The molecule has 1 aliphatic heterocycles. The standard InChI is InChI=1S/C8H12O5/c1-4(2)8-12-5(3-6(9)10)7(11)13-8/h4-5,8H,3H2,1-2H3,(H,9,10)/t5-,8-/m0/s1. The van der Waals surface area contributed by atoms with Gasteiger partial charge in [0.2, 0.25) is 6.29 Å². The lowest BCUT2D eigenvalue weighted by Crippen LogP contribution is -2.21. The molecule has 5 nitrogen and oxygen atoms in total. The maximum atomic E-state index is 11.0. The molecule has 0 unspecified atom stereocenters. The number of carboxylic acid groups (broad SMARTS) is 1. The fourth-order valence-corrected chi connectivity index (χ4v) is 1.02. The van der Waals surface area contributed by atoms with Gasteiger partial charge in [0, 0.05) is 5.92 Å². The van der Waals surface area contributed by atoms with Crippen molar-refractivity contribution in [2.75, 3.05) is 0 Å². The lowest BCUT2D eigenvalue weighted by Gasteiger charge is -2.11. The maximum absolute atomic E-state index is 11.0. The molecule has 0 spiro atoms. The summed E-state index contributed by atoms with van der Waals surface area (Å²) in [5.74, 6) is -1.60. The van der Waals surface area contributed by atoms with Crippen molar-refractivity contribution in [1.29, 1.82) is 0 Å². The van der Waals surface area contributed by atoms with E-state index in [0.717, 1.165) is 0 Å². The summed E-state index contributed by atoms with van der Waals surface area (Å²) < 4.78 is 9.91. The average molecular weight is 188 g/mol. The molecule has 0 aliphatic carbocycles. The van der Waals surface area contributed by atoms with E-state index in [1.807, 2.05) is 13.8 Å². The van der Waals surface area contributed by atoms with Crippen molar-refractivity contribution in [3.05, 3.63) is 0 Å². The second-order valence-corrected chi connectivity index (χ2v) is 3.27. The van der Waals surface area contributed by atoms with E-state index < -0.39 is 24.3 Å². The quantitative estimate of drug-likeness (QED) is 0.648. The highest BCUT2D eigenvalue weighted by atomic mass is 16.8. The van der Waals surface area contributed by atoms with Crippen LogP contribution in [0.15, 0.2) is 0 Å². The topological polar surface area (TPSA) is 72.8 Å². The monoisotopic (exact) mass is 188 g/mol. The van der Waals surface area contributed by atoms with Gasteiger partial charge >= 0.3 is 11.9 Å². The first kappa shape index (κ1) is 9.98. The lowest BCUT2D eigenvalue weighted by atomic mass is 10.2. The molecule has 0 aromatic heterocycles. The molecule has 13 heavy (non-hydrogen) atoms. The van der Waals surface area contributed by atoms with E-state index in [4.69, 9.17) is 14.6 Å². The van der Waals surface area contributed by atoms with Crippen LogP contribution in [0.4, 0.5) is 0 Å². The molecule has 0 aromatic carbocycles. The first-order valence-corrected chi connectivity index (χ1v) is 4.08. The van der Waals surface area contributed by atoms with Gasteiger partial charge < -0.3 is 14.6 Å². The van der Waals surface area contributed by atoms with Gasteiger partial charge in [-0.1, -0.05) is 13.8 Å². The second-order valence-electron chi connectivity index (χ2n) is 3.27. The van der Waals surface area contributed by atoms with Crippen LogP contribution in [0.1, 0.15) is 20.3 Å². The molecule has 1 heterocycles. The van der Waals surface area contributed by atoms with Crippen LogP contribution in [0.2, 0.25) is 0 Å². The van der Waals surface area contributed by atoms with Gasteiger partial charge in [-0.3, -0.25) is 4.79 Å². The Bertz CT molecular complexity index is 223. The largest absolute Gasteiger partial charge is 0.481 e. The maximum Gasteiger partial charge on any atom is 0.338 e. The highest BCUT2D eigenvalue weighted by molar-refractivity contribution is 5.82. The van der Waals surface area contributed by atoms with E-state index in [0.29, 0.717) is 0 Å². The van der Waals surface area contributed by atoms with Gasteiger partial charge in [-0.25, -0.2) is 4.79 Å². The third kappa shape index (κ3) is 2.42. The Kier molecular flexibility index (Phi) is 2.87. The zero-order valence-electron chi connectivity index (χ0n) is 7.52. The lowest BCUT2D eigenvalue weighted by molar-refractivity contribution is -0.147. The van der Waals surface area contributed by atoms with Crippen molar-refractivity contribution in [2.45, 2.75) is 32.7 Å². The summed E-state index contributed by atoms with van der Waals surface area (Å²) >= 11 is 0. The number of ether oxygens (including phenoxy) is 2. The molecule has 0 aromatic rings.